The standard InChI is InChI=1S/C11H10ClFN2S/c1-6-11(16-5-15-6)10(14)8-4-7(13)2-3-9(8)12/h2-5,10H,14H2,1H3. The largest absolute Gasteiger partial charge is 0.320 e. The van der Waals surface area contributed by atoms with Crippen LogP contribution >= 0.6 is 22.9 Å². The Morgan fingerprint density at radius 1 is 1.50 bits per heavy atom. The van der Waals surface area contributed by atoms with E-state index in [-0.39, 0.29) is 5.82 Å². The molecule has 84 valence electrons. The van der Waals surface area contributed by atoms with E-state index in [4.69, 9.17) is 17.3 Å². The first-order valence-corrected chi connectivity index (χ1v) is 5.96. The van der Waals surface area contributed by atoms with E-state index in [1.165, 1.54) is 29.5 Å². The minimum Gasteiger partial charge on any atom is -0.320 e. The Bertz CT molecular complexity index is 512. The summed E-state index contributed by atoms with van der Waals surface area (Å²) in [5.41, 5.74) is 9.22. The number of nitrogens with zero attached hydrogens (tertiary/aromatic N) is 1. The predicted molar refractivity (Wildman–Crippen MR) is 64.3 cm³/mol. The van der Waals surface area contributed by atoms with Crippen LogP contribution in [0.5, 0.6) is 0 Å². The van der Waals surface area contributed by atoms with Crippen LogP contribution in [0.2, 0.25) is 5.02 Å². The number of thiazole rings is 1. The van der Waals surface area contributed by atoms with Crippen molar-refractivity contribution < 1.29 is 4.39 Å². The van der Waals surface area contributed by atoms with E-state index in [2.05, 4.69) is 4.98 Å². The van der Waals surface area contributed by atoms with E-state index in [9.17, 15) is 4.39 Å². The van der Waals surface area contributed by atoms with E-state index in [0.717, 1.165) is 10.6 Å². The minimum absolute atomic E-state index is 0.336. The number of hydrogen-bond donors (Lipinski definition) is 1. The second-order valence-corrected chi connectivity index (χ2v) is 4.74. The summed E-state index contributed by atoms with van der Waals surface area (Å²) < 4.78 is 13.1. The lowest BCUT2D eigenvalue weighted by Gasteiger charge is -2.12. The minimum atomic E-state index is -0.421. The van der Waals surface area contributed by atoms with E-state index < -0.39 is 6.04 Å². The van der Waals surface area contributed by atoms with Crippen LogP contribution in [0.3, 0.4) is 0 Å². The molecule has 0 aliphatic rings. The summed E-state index contributed by atoms with van der Waals surface area (Å²) in [7, 11) is 0. The van der Waals surface area contributed by atoms with Crippen molar-refractivity contribution in [1.82, 2.24) is 4.98 Å². The Morgan fingerprint density at radius 2 is 2.25 bits per heavy atom. The molecule has 2 N–H and O–H groups in total. The lowest BCUT2D eigenvalue weighted by Crippen LogP contribution is -2.12. The molecule has 5 heteroatoms. The van der Waals surface area contributed by atoms with E-state index >= 15 is 0 Å². The van der Waals surface area contributed by atoms with Gasteiger partial charge in [-0.1, -0.05) is 11.6 Å². The number of nitrogens with two attached hydrogens (primary N) is 1. The van der Waals surface area contributed by atoms with Crippen LogP contribution in [0, 0.1) is 12.7 Å². The number of benzene rings is 1. The molecular weight excluding hydrogens is 247 g/mol. The van der Waals surface area contributed by atoms with E-state index in [1.54, 1.807) is 5.51 Å². The third-order valence-corrected chi connectivity index (χ3v) is 3.72. The molecule has 2 aromatic rings. The van der Waals surface area contributed by atoms with Crippen molar-refractivity contribution in [2.45, 2.75) is 13.0 Å². The average molecular weight is 257 g/mol. The molecule has 1 heterocycles. The van der Waals surface area contributed by atoms with Crippen LogP contribution in [0.15, 0.2) is 23.7 Å². The van der Waals surface area contributed by atoms with Gasteiger partial charge in [0.15, 0.2) is 0 Å². The van der Waals surface area contributed by atoms with Gasteiger partial charge in [-0.25, -0.2) is 9.37 Å². The van der Waals surface area contributed by atoms with Gasteiger partial charge in [-0.05, 0) is 30.7 Å². The molecule has 1 atom stereocenters. The molecule has 1 aromatic carbocycles. The van der Waals surface area contributed by atoms with Gasteiger partial charge in [0.1, 0.15) is 5.82 Å². The van der Waals surface area contributed by atoms with Crippen LogP contribution in [0.4, 0.5) is 4.39 Å². The molecule has 2 nitrogen and oxygen atoms in total. The van der Waals surface area contributed by atoms with Gasteiger partial charge in [0.2, 0.25) is 0 Å². The van der Waals surface area contributed by atoms with Crippen LogP contribution in [-0.2, 0) is 0 Å². The monoisotopic (exact) mass is 256 g/mol. The normalized spacial score (nSPS) is 12.8. The number of halogens is 2. The topological polar surface area (TPSA) is 38.9 Å². The molecule has 0 aliphatic carbocycles. The van der Waals surface area contributed by atoms with Gasteiger partial charge in [0, 0.05) is 9.90 Å². The number of aryl methyl sites for hydroxylation is 1. The molecule has 0 radical (unpaired) electrons. The van der Waals surface area contributed by atoms with Gasteiger partial charge in [-0.3, -0.25) is 0 Å². The summed E-state index contributed by atoms with van der Waals surface area (Å²) in [5, 5.41) is 0.474. The summed E-state index contributed by atoms with van der Waals surface area (Å²) in [6.45, 7) is 1.87. The van der Waals surface area contributed by atoms with E-state index in [0.29, 0.717) is 10.6 Å². The van der Waals surface area contributed by atoms with Crippen molar-refractivity contribution in [2.24, 2.45) is 5.73 Å². The summed E-state index contributed by atoms with van der Waals surface area (Å²) in [6.07, 6.45) is 0. The first-order valence-electron chi connectivity index (χ1n) is 4.70. The van der Waals surface area contributed by atoms with Gasteiger partial charge in [-0.2, -0.15) is 0 Å². The van der Waals surface area contributed by atoms with E-state index in [1.807, 2.05) is 6.92 Å². The second-order valence-electron chi connectivity index (χ2n) is 3.45. The predicted octanol–water partition coefficient (Wildman–Crippen LogP) is 3.29. The lowest BCUT2D eigenvalue weighted by molar-refractivity contribution is 0.624. The second kappa shape index (κ2) is 4.49. The Labute approximate surface area is 102 Å². The number of aromatic nitrogens is 1. The molecule has 0 spiro atoms. The fourth-order valence-electron chi connectivity index (χ4n) is 1.50. The summed E-state index contributed by atoms with van der Waals surface area (Å²) >= 11 is 7.45. The Balaban J connectivity index is 2.45. The van der Waals surface area contributed by atoms with Crippen molar-refractivity contribution in [1.29, 1.82) is 0 Å². The van der Waals surface area contributed by atoms with Crippen LogP contribution in [-0.4, -0.2) is 4.98 Å². The van der Waals surface area contributed by atoms with Crippen molar-refractivity contribution in [3.8, 4) is 0 Å². The zero-order valence-electron chi connectivity index (χ0n) is 8.58. The van der Waals surface area contributed by atoms with Gasteiger partial charge in [0.05, 0.1) is 17.2 Å². The highest BCUT2D eigenvalue weighted by atomic mass is 35.5. The SMILES string of the molecule is Cc1ncsc1C(N)c1cc(F)ccc1Cl. The highest BCUT2D eigenvalue weighted by molar-refractivity contribution is 7.09. The van der Waals surface area contributed by atoms with Crippen molar-refractivity contribution in [3.63, 3.8) is 0 Å². The number of rotatable bonds is 2. The molecular formula is C11H10ClFN2S. The maximum atomic E-state index is 13.1. The molecule has 0 aliphatic heterocycles. The van der Waals surface area contributed by atoms with Crippen molar-refractivity contribution >= 4 is 22.9 Å². The highest BCUT2D eigenvalue weighted by Crippen LogP contribution is 2.30. The Hall–Kier alpha value is -0.970. The summed E-state index contributed by atoms with van der Waals surface area (Å²) in [4.78, 5) is 5.03. The molecule has 1 aromatic heterocycles. The van der Waals surface area contributed by atoms with Crippen molar-refractivity contribution in [2.75, 3.05) is 0 Å². The fourth-order valence-corrected chi connectivity index (χ4v) is 2.56. The van der Waals surface area contributed by atoms with Gasteiger partial charge < -0.3 is 5.73 Å². The number of hydrogen-bond acceptors (Lipinski definition) is 3. The molecule has 0 saturated carbocycles. The fraction of sp³-hybridized carbons (Fsp3) is 0.182. The van der Waals surface area contributed by atoms with Crippen LogP contribution in [0.25, 0.3) is 0 Å². The lowest BCUT2D eigenvalue weighted by atomic mass is 10.1. The molecule has 0 amide bonds. The van der Waals surface area contributed by atoms with Gasteiger partial charge in [-0.15, -0.1) is 11.3 Å². The zero-order valence-corrected chi connectivity index (χ0v) is 10.1. The third kappa shape index (κ3) is 2.09. The van der Waals surface area contributed by atoms with Crippen molar-refractivity contribution in [3.05, 3.63) is 50.7 Å². The average Bonchev–Trinajstić information content (AvgIpc) is 2.67. The maximum absolute atomic E-state index is 13.1. The highest BCUT2D eigenvalue weighted by Gasteiger charge is 2.17. The molecule has 2 rings (SSSR count). The Kier molecular flexibility index (Phi) is 3.23. The molecule has 0 fully saturated rings. The molecule has 16 heavy (non-hydrogen) atoms. The molecule has 1 unspecified atom stereocenters. The summed E-state index contributed by atoms with van der Waals surface area (Å²) in [5.74, 6) is -0.336. The van der Waals surface area contributed by atoms with Gasteiger partial charge in [0.25, 0.3) is 0 Å². The summed E-state index contributed by atoms with van der Waals surface area (Å²) in [6, 6.07) is 3.78. The first-order chi connectivity index (χ1) is 7.59. The Morgan fingerprint density at radius 3 is 2.88 bits per heavy atom. The van der Waals surface area contributed by atoms with Gasteiger partial charge >= 0.3 is 0 Å². The van der Waals surface area contributed by atoms with Crippen LogP contribution < -0.4 is 5.73 Å². The quantitative estimate of drug-likeness (QED) is 0.896. The zero-order chi connectivity index (χ0) is 11.7. The third-order valence-electron chi connectivity index (χ3n) is 2.36. The first kappa shape index (κ1) is 11.5. The molecule has 0 saturated heterocycles. The smallest absolute Gasteiger partial charge is 0.123 e. The molecule has 0 bridgehead atoms. The maximum Gasteiger partial charge on any atom is 0.123 e. The van der Waals surface area contributed by atoms with Crippen LogP contribution in [0.1, 0.15) is 22.2 Å².